The van der Waals surface area contributed by atoms with Crippen LogP contribution in [0.15, 0.2) is 24.7 Å². The highest BCUT2D eigenvalue weighted by molar-refractivity contribution is 6.30. The third kappa shape index (κ3) is 3.51. The average molecular weight is 322 g/mol. The predicted molar refractivity (Wildman–Crippen MR) is 84.8 cm³/mol. The van der Waals surface area contributed by atoms with Crippen molar-refractivity contribution >= 4 is 17.5 Å². The Labute approximate surface area is 134 Å². The standard InChI is InChI=1S/C15H20ClN5O/c1-19-10-12(8-18-19)11-20-3-2-4-21(6-5-20)15(22)14-7-13(16)9-17-14/h7-10,17H,2-6,11H2,1H3. The summed E-state index contributed by atoms with van der Waals surface area (Å²) in [6.07, 6.45) is 6.55. The van der Waals surface area contributed by atoms with Crippen LogP contribution in [0, 0.1) is 0 Å². The molecule has 1 aliphatic rings. The molecule has 1 fully saturated rings. The molecule has 1 amide bonds. The Morgan fingerprint density at radius 1 is 1.36 bits per heavy atom. The van der Waals surface area contributed by atoms with E-state index >= 15 is 0 Å². The molecular weight excluding hydrogens is 302 g/mol. The van der Waals surface area contributed by atoms with E-state index in [4.69, 9.17) is 11.6 Å². The Kier molecular flexibility index (Phi) is 4.49. The molecule has 0 unspecified atom stereocenters. The summed E-state index contributed by atoms with van der Waals surface area (Å²) in [4.78, 5) is 19.6. The fraction of sp³-hybridized carbons (Fsp3) is 0.467. The van der Waals surface area contributed by atoms with Gasteiger partial charge in [-0.15, -0.1) is 0 Å². The zero-order valence-corrected chi connectivity index (χ0v) is 13.4. The maximum Gasteiger partial charge on any atom is 0.270 e. The second-order valence-corrected chi connectivity index (χ2v) is 6.11. The summed E-state index contributed by atoms with van der Waals surface area (Å²) in [7, 11) is 1.92. The van der Waals surface area contributed by atoms with E-state index in [1.807, 2.05) is 29.0 Å². The van der Waals surface area contributed by atoms with Crippen molar-refractivity contribution in [3.8, 4) is 0 Å². The van der Waals surface area contributed by atoms with Gasteiger partial charge in [-0.25, -0.2) is 0 Å². The molecule has 0 atom stereocenters. The lowest BCUT2D eigenvalue weighted by atomic mass is 10.3. The smallest absolute Gasteiger partial charge is 0.270 e. The highest BCUT2D eigenvalue weighted by Crippen LogP contribution is 2.14. The van der Waals surface area contributed by atoms with Crippen molar-refractivity contribution in [2.75, 3.05) is 26.2 Å². The Morgan fingerprint density at radius 3 is 2.91 bits per heavy atom. The summed E-state index contributed by atoms with van der Waals surface area (Å²) in [6, 6.07) is 1.68. The topological polar surface area (TPSA) is 57.2 Å². The second-order valence-electron chi connectivity index (χ2n) is 5.68. The van der Waals surface area contributed by atoms with Gasteiger partial charge in [0, 0.05) is 57.7 Å². The van der Waals surface area contributed by atoms with Gasteiger partial charge >= 0.3 is 0 Å². The van der Waals surface area contributed by atoms with Crippen molar-refractivity contribution in [2.45, 2.75) is 13.0 Å². The van der Waals surface area contributed by atoms with Gasteiger partial charge in [0.25, 0.3) is 5.91 Å². The highest BCUT2D eigenvalue weighted by Gasteiger charge is 2.21. The summed E-state index contributed by atoms with van der Waals surface area (Å²) in [5.41, 5.74) is 1.77. The summed E-state index contributed by atoms with van der Waals surface area (Å²) in [5, 5.41) is 4.77. The number of aromatic nitrogens is 3. The van der Waals surface area contributed by atoms with Crippen LogP contribution in [-0.2, 0) is 13.6 Å². The molecule has 2 aromatic heterocycles. The Balaban J connectivity index is 1.58. The van der Waals surface area contributed by atoms with Crippen LogP contribution < -0.4 is 0 Å². The largest absolute Gasteiger partial charge is 0.356 e. The van der Waals surface area contributed by atoms with Crippen molar-refractivity contribution in [3.63, 3.8) is 0 Å². The summed E-state index contributed by atoms with van der Waals surface area (Å²) in [5.74, 6) is 0.0233. The zero-order valence-electron chi connectivity index (χ0n) is 12.6. The first-order valence-corrected chi connectivity index (χ1v) is 7.83. The van der Waals surface area contributed by atoms with Crippen LogP contribution in [-0.4, -0.2) is 56.7 Å². The SMILES string of the molecule is Cn1cc(CN2CCCN(C(=O)c3cc(Cl)c[nH]3)CC2)cn1. The van der Waals surface area contributed by atoms with Crippen LogP contribution in [0.3, 0.4) is 0 Å². The van der Waals surface area contributed by atoms with Crippen molar-refractivity contribution in [3.05, 3.63) is 40.9 Å². The maximum absolute atomic E-state index is 12.4. The fourth-order valence-corrected chi connectivity index (χ4v) is 2.97. The van der Waals surface area contributed by atoms with E-state index in [-0.39, 0.29) is 5.91 Å². The van der Waals surface area contributed by atoms with Crippen LogP contribution in [0.4, 0.5) is 0 Å². The molecule has 2 aromatic rings. The molecule has 6 nitrogen and oxygen atoms in total. The zero-order chi connectivity index (χ0) is 15.5. The van der Waals surface area contributed by atoms with Crippen molar-refractivity contribution in [2.24, 2.45) is 7.05 Å². The van der Waals surface area contributed by atoms with Crippen LogP contribution in [0.5, 0.6) is 0 Å². The molecule has 0 radical (unpaired) electrons. The Hall–Kier alpha value is -1.79. The second kappa shape index (κ2) is 6.54. The lowest BCUT2D eigenvalue weighted by molar-refractivity contribution is 0.0756. The first-order valence-electron chi connectivity index (χ1n) is 7.45. The van der Waals surface area contributed by atoms with E-state index in [1.54, 1.807) is 12.3 Å². The predicted octanol–water partition coefficient (Wildman–Crippen LogP) is 1.75. The normalized spacial score (nSPS) is 16.7. The van der Waals surface area contributed by atoms with Gasteiger partial charge < -0.3 is 9.88 Å². The van der Waals surface area contributed by atoms with Gasteiger partial charge in [-0.3, -0.25) is 14.4 Å². The lowest BCUT2D eigenvalue weighted by Crippen LogP contribution is -2.35. The Morgan fingerprint density at radius 2 is 2.23 bits per heavy atom. The number of H-pyrrole nitrogens is 1. The molecule has 3 heterocycles. The van der Waals surface area contributed by atoms with Crippen LogP contribution in [0.25, 0.3) is 0 Å². The molecule has 22 heavy (non-hydrogen) atoms. The number of nitrogens with one attached hydrogen (secondary N) is 1. The van der Waals surface area contributed by atoms with Gasteiger partial charge in [0.05, 0.1) is 11.2 Å². The van der Waals surface area contributed by atoms with Gasteiger partial charge in [-0.1, -0.05) is 11.6 Å². The molecule has 7 heteroatoms. The molecular formula is C15H20ClN5O. The summed E-state index contributed by atoms with van der Waals surface area (Å²) >= 11 is 5.87. The number of hydrogen-bond donors (Lipinski definition) is 1. The van der Waals surface area contributed by atoms with Gasteiger partial charge in [0.2, 0.25) is 0 Å². The molecule has 1 saturated heterocycles. The quantitative estimate of drug-likeness (QED) is 0.937. The van der Waals surface area contributed by atoms with Crippen LogP contribution >= 0.6 is 11.6 Å². The number of carbonyl (C=O) groups is 1. The van der Waals surface area contributed by atoms with Gasteiger partial charge in [-0.2, -0.15) is 5.10 Å². The first-order chi connectivity index (χ1) is 10.6. The van der Waals surface area contributed by atoms with Crippen molar-refractivity contribution in [1.29, 1.82) is 0 Å². The van der Waals surface area contributed by atoms with Gasteiger partial charge in [0.15, 0.2) is 0 Å². The molecule has 0 spiro atoms. The average Bonchev–Trinajstić information content (AvgIpc) is 3.02. The number of carbonyl (C=O) groups excluding carboxylic acids is 1. The highest BCUT2D eigenvalue weighted by atomic mass is 35.5. The van der Waals surface area contributed by atoms with Gasteiger partial charge in [0.1, 0.15) is 5.69 Å². The molecule has 1 aliphatic heterocycles. The van der Waals surface area contributed by atoms with Crippen LogP contribution in [0.1, 0.15) is 22.5 Å². The minimum Gasteiger partial charge on any atom is -0.356 e. The van der Waals surface area contributed by atoms with E-state index in [0.29, 0.717) is 10.7 Å². The number of amides is 1. The summed E-state index contributed by atoms with van der Waals surface area (Å²) < 4.78 is 1.82. The molecule has 3 rings (SSSR count). The van der Waals surface area contributed by atoms with Crippen LogP contribution in [0.2, 0.25) is 5.02 Å². The van der Waals surface area contributed by atoms with E-state index in [0.717, 1.165) is 39.1 Å². The maximum atomic E-state index is 12.4. The minimum atomic E-state index is 0.0233. The van der Waals surface area contributed by atoms with E-state index in [2.05, 4.69) is 15.0 Å². The minimum absolute atomic E-state index is 0.0233. The molecule has 0 aliphatic carbocycles. The number of aryl methyl sites for hydroxylation is 1. The van der Waals surface area contributed by atoms with E-state index in [9.17, 15) is 4.79 Å². The number of aromatic amines is 1. The Bertz CT molecular complexity index is 650. The summed E-state index contributed by atoms with van der Waals surface area (Å²) in [6.45, 7) is 4.25. The number of rotatable bonds is 3. The third-order valence-corrected chi connectivity index (χ3v) is 4.14. The molecule has 0 saturated carbocycles. The molecule has 1 N–H and O–H groups in total. The lowest BCUT2D eigenvalue weighted by Gasteiger charge is -2.21. The number of nitrogens with zero attached hydrogens (tertiary/aromatic N) is 4. The molecule has 0 aromatic carbocycles. The fourth-order valence-electron chi connectivity index (χ4n) is 2.81. The van der Waals surface area contributed by atoms with E-state index in [1.165, 1.54) is 5.56 Å². The van der Waals surface area contributed by atoms with E-state index < -0.39 is 0 Å². The molecule has 0 bridgehead atoms. The monoisotopic (exact) mass is 321 g/mol. The van der Waals surface area contributed by atoms with Gasteiger partial charge in [-0.05, 0) is 12.5 Å². The number of halogens is 1. The first kappa shape index (κ1) is 15.1. The van der Waals surface area contributed by atoms with Crippen molar-refractivity contribution in [1.82, 2.24) is 24.6 Å². The number of hydrogen-bond acceptors (Lipinski definition) is 3. The molecule has 118 valence electrons. The van der Waals surface area contributed by atoms with Crippen molar-refractivity contribution < 1.29 is 4.79 Å². The third-order valence-electron chi connectivity index (χ3n) is 3.92.